The second kappa shape index (κ2) is 7.28. The van der Waals surface area contributed by atoms with E-state index in [9.17, 15) is 4.79 Å². The second-order valence-electron chi connectivity index (χ2n) is 6.14. The van der Waals surface area contributed by atoms with E-state index < -0.39 is 0 Å². The lowest BCUT2D eigenvalue weighted by atomic mass is 10.2. The minimum Gasteiger partial charge on any atom is -0.311 e. The van der Waals surface area contributed by atoms with Crippen molar-refractivity contribution >= 4 is 22.9 Å². The fourth-order valence-electron chi connectivity index (χ4n) is 2.96. The maximum Gasteiger partial charge on any atom is 0.241 e. The number of thiophene rings is 1. The number of benzene rings is 1. The smallest absolute Gasteiger partial charge is 0.241 e. The maximum atomic E-state index is 12.9. The zero-order chi connectivity index (χ0) is 16.2. The third-order valence-corrected chi connectivity index (χ3v) is 5.23. The molecule has 0 radical (unpaired) electrons. The molecule has 2 aromatic rings. The molecule has 1 aliphatic carbocycles. The van der Waals surface area contributed by atoms with Crippen molar-refractivity contribution in [2.45, 2.75) is 39.3 Å². The summed E-state index contributed by atoms with van der Waals surface area (Å²) in [6.45, 7) is 6.21. The van der Waals surface area contributed by atoms with Crippen LogP contribution in [0.4, 0.5) is 5.69 Å². The Kier molecular flexibility index (Phi) is 5.13. The molecule has 1 amide bonds. The van der Waals surface area contributed by atoms with Crippen LogP contribution in [0.25, 0.3) is 0 Å². The molecule has 0 N–H and O–H groups in total. The van der Waals surface area contributed by atoms with Crippen LogP contribution in [0.2, 0.25) is 0 Å². The van der Waals surface area contributed by atoms with Crippen LogP contribution >= 0.6 is 11.3 Å². The van der Waals surface area contributed by atoms with Crippen LogP contribution < -0.4 is 4.90 Å². The molecule has 1 fully saturated rings. The summed E-state index contributed by atoms with van der Waals surface area (Å²) in [7, 11) is 0. The molecule has 122 valence electrons. The summed E-state index contributed by atoms with van der Waals surface area (Å²) in [5.74, 6) is 0.199. The highest BCUT2D eigenvalue weighted by Crippen LogP contribution is 2.29. The van der Waals surface area contributed by atoms with Gasteiger partial charge in [-0.05, 0) is 49.8 Å². The number of carbonyl (C=O) groups excluding carboxylic acids is 1. The fourth-order valence-corrected chi connectivity index (χ4v) is 3.69. The summed E-state index contributed by atoms with van der Waals surface area (Å²) in [5.41, 5.74) is 2.19. The molecule has 0 spiro atoms. The van der Waals surface area contributed by atoms with E-state index in [1.807, 2.05) is 30.0 Å². The van der Waals surface area contributed by atoms with Crippen LogP contribution in [0.1, 0.15) is 30.2 Å². The third-order valence-electron chi connectivity index (χ3n) is 4.36. The number of rotatable bonds is 7. The number of para-hydroxylation sites is 1. The molecule has 1 heterocycles. The summed E-state index contributed by atoms with van der Waals surface area (Å²) in [6.07, 6.45) is 2.43. The Bertz CT molecular complexity index is 649. The van der Waals surface area contributed by atoms with E-state index in [4.69, 9.17) is 0 Å². The first-order valence-electron chi connectivity index (χ1n) is 8.31. The first-order chi connectivity index (χ1) is 11.2. The second-order valence-corrected chi connectivity index (χ2v) is 7.17. The molecule has 1 aliphatic rings. The van der Waals surface area contributed by atoms with Gasteiger partial charge >= 0.3 is 0 Å². The Morgan fingerprint density at radius 1 is 1.22 bits per heavy atom. The van der Waals surface area contributed by atoms with Crippen molar-refractivity contribution in [2.75, 3.05) is 18.0 Å². The van der Waals surface area contributed by atoms with Crippen molar-refractivity contribution in [3.8, 4) is 0 Å². The normalized spacial score (nSPS) is 14.2. The van der Waals surface area contributed by atoms with Gasteiger partial charge in [0, 0.05) is 29.7 Å². The first-order valence-corrected chi connectivity index (χ1v) is 9.19. The summed E-state index contributed by atoms with van der Waals surface area (Å²) in [6, 6.07) is 12.9. The van der Waals surface area contributed by atoms with Gasteiger partial charge in [0.1, 0.15) is 0 Å². The highest BCUT2D eigenvalue weighted by atomic mass is 32.1. The molecule has 1 saturated carbocycles. The third kappa shape index (κ3) is 4.01. The first kappa shape index (κ1) is 16.2. The van der Waals surface area contributed by atoms with Gasteiger partial charge in [0.05, 0.1) is 6.54 Å². The highest BCUT2D eigenvalue weighted by Gasteiger charge is 2.31. The van der Waals surface area contributed by atoms with Crippen LogP contribution in [-0.2, 0) is 11.3 Å². The Labute approximate surface area is 142 Å². The summed E-state index contributed by atoms with van der Waals surface area (Å²) < 4.78 is 0. The molecule has 0 bridgehead atoms. The van der Waals surface area contributed by atoms with Gasteiger partial charge in [-0.2, -0.15) is 0 Å². The lowest BCUT2D eigenvalue weighted by Crippen LogP contribution is -2.41. The number of hydrogen-bond donors (Lipinski definition) is 0. The predicted molar refractivity (Wildman–Crippen MR) is 97.0 cm³/mol. The van der Waals surface area contributed by atoms with E-state index in [1.54, 1.807) is 11.3 Å². The topological polar surface area (TPSA) is 23.6 Å². The van der Waals surface area contributed by atoms with E-state index in [2.05, 4.69) is 35.4 Å². The molecule has 3 nitrogen and oxygen atoms in total. The molecular weight excluding hydrogens is 304 g/mol. The number of aryl methyl sites for hydroxylation is 1. The Morgan fingerprint density at radius 3 is 2.61 bits per heavy atom. The summed E-state index contributed by atoms with van der Waals surface area (Å²) >= 11 is 1.77. The predicted octanol–water partition coefficient (Wildman–Crippen LogP) is 4.07. The number of anilines is 1. The molecule has 0 saturated heterocycles. The van der Waals surface area contributed by atoms with Gasteiger partial charge in [0.25, 0.3) is 0 Å². The molecular formula is C19H24N2OS. The monoisotopic (exact) mass is 328 g/mol. The Morgan fingerprint density at radius 2 is 2.00 bits per heavy atom. The van der Waals surface area contributed by atoms with Gasteiger partial charge in [0.15, 0.2) is 0 Å². The zero-order valence-electron chi connectivity index (χ0n) is 13.9. The molecule has 23 heavy (non-hydrogen) atoms. The van der Waals surface area contributed by atoms with Gasteiger partial charge in [-0.1, -0.05) is 24.3 Å². The van der Waals surface area contributed by atoms with Crippen LogP contribution in [0.5, 0.6) is 0 Å². The van der Waals surface area contributed by atoms with Crippen molar-refractivity contribution in [3.63, 3.8) is 0 Å². The lowest BCUT2D eigenvalue weighted by molar-refractivity contribution is -0.120. The van der Waals surface area contributed by atoms with E-state index in [0.29, 0.717) is 19.1 Å². The number of amides is 1. The quantitative estimate of drug-likeness (QED) is 0.765. The minimum atomic E-state index is 0.199. The molecule has 3 rings (SSSR count). The van der Waals surface area contributed by atoms with E-state index in [0.717, 1.165) is 17.8 Å². The van der Waals surface area contributed by atoms with Crippen molar-refractivity contribution in [3.05, 3.63) is 52.2 Å². The average Bonchev–Trinajstić information content (AvgIpc) is 3.27. The Balaban J connectivity index is 1.71. The molecule has 1 aromatic heterocycles. The number of carbonyl (C=O) groups is 1. The van der Waals surface area contributed by atoms with Gasteiger partial charge in [0.2, 0.25) is 5.91 Å². The standard InChI is InChI=1S/C19H24N2OS/c1-3-21(18-9-5-4-7-15(18)2)19(22)14-20(16-10-11-16)13-17-8-6-12-23-17/h4-9,12,16H,3,10-11,13-14H2,1-2H3. The summed E-state index contributed by atoms with van der Waals surface area (Å²) in [4.78, 5) is 18.5. The largest absolute Gasteiger partial charge is 0.311 e. The van der Waals surface area contributed by atoms with Crippen LogP contribution in [-0.4, -0.2) is 29.9 Å². The average molecular weight is 328 g/mol. The highest BCUT2D eigenvalue weighted by molar-refractivity contribution is 7.09. The van der Waals surface area contributed by atoms with Gasteiger partial charge in [-0.25, -0.2) is 0 Å². The number of nitrogens with zero attached hydrogens (tertiary/aromatic N) is 2. The fraction of sp³-hybridized carbons (Fsp3) is 0.421. The SMILES string of the molecule is CCN(C(=O)CN(Cc1cccs1)C1CC1)c1ccccc1C. The minimum absolute atomic E-state index is 0.199. The maximum absolute atomic E-state index is 12.9. The van der Waals surface area contributed by atoms with Crippen molar-refractivity contribution < 1.29 is 4.79 Å². The van der Waals surface area contributed by atoms with E-state index in [-0.39, 0.29) is 5.91 Å². The molecule has 0 unspecified atom stereocenters. The molecule has 0 atom stereocenters. The zero-order valence-corrected chi connectivity index (χ0v) is 14.7. The van der Waals surface area contributed by atoms with Crippen molar-refractivity contribution in [1.29, 1.82) is 0 Å². The van der Waals surface area contributed by atoms with E-state index in [1.165, 1.54) is 17.7 Å². The van der Waals surface area contributed by atoms with Gasteiger partial charge < -0.3 is 4.90 Å². The molecule has 4 heteroatoms. The summed E-state index contributed by atoms with van der Waals surface area (Å²) in [5, 5.41) is 2.11. The van der Waals surface area contributed by atoms with E-state index >= 15 is 0 Å². The molecule has 0 aliphatic heterocycles. The van der Waals surface area contributed by atoms with Gasteiger partial charge in [-0.3, -0.25) is 9.69 Å². The van der Waals surface area contributed by atoms with Crippen LogP contribution in [0, 0.1) is 6.92 Å². The van der Waals surface area contributed by atoms with Crippen LogP contribution in [0.15, 0.2) is 41.8 Å². The van der Waals surface area contributed by atoms with Crippen LogP contribution in [0.3, 0.4) is 0 Å². The molecule has 1 aromatic carbocycles. The van der Waals surface area contributed by atoms with Crippen molar-refractivity contribution in [2.24, 2.45) is 0 Å². The van der Waals surface area contributed by atoms with Crippen molar-refractivity contribution in [1.82, 2.24) is 4.90 Å². The number of hydrogen-bond acceptors (Lipinski definition) is 3. The number of likely N-dealkylation sites (N-methyl/N-ethyl adjacent to an activating group) is 1. The Hall–Kier alpha value is -1.65. The lowest BCUT2D eigenvalue weighted by Gasteiger charge is -2.27. The van der Waals surface area contributed by atoms with Gasteiger partial charge in [-0.15, -0.1) is 11.3 Å².